The molecule has 0 amide bonds. The molecule has 0 bridgehead atoms. The fraction of sp³-hybridized carbons (Fsp3) is 0.211. The first kappa shape index (κ1) is 19.4. The maximum absolute atomic E-state index is 12.9. The summed E-state index contributed by atoms with van der Waals surface area (Å²) in [7, 11) is 1.43. The summed E-state index contributed by atoms with van der Waals surface area (Å²) >= 11 is 9.39. The molecule has 0 fully saturated rings. The highest BCUT2D eigenvalue weighted by Gasteiger charge is 2.11. The van der Waals surface area contributed by atoms with Crippen LogP contribution in [0.2, 0.25) is 5.02 Å². The van der Waals surface area contributed by atoms with Crippen molar-refractivity contribution < 1.29 is 9.84 Å². The Hall–Kier alpha value is -2.38. The molecule has 1 heterocycles. The molecule has 8 heteroatoms. The van der Waals surface area contributed by atoms with Gasteiger partial charge in [0.1, 0.15) is 5.82 Å². The minimum atomic E-state index is -0.252. The van der Waals surface area contributed by atoms with Gasteiger partial charge in [-0.05, 0) is 42.3 Å². The summed E-state index contributed by atoms with van der Waals surface area (Å²) < 4.78 is 7.18. The Labute approximate surface area is 169 Å². The average molecular weight is 451 g/mol. The second-order valence-corrected chi connectivity index (χ2v) is 7.18. The van der Waals surface area contributed by atoms with Crippen LogP contribution in [-0.4, -0.2) is 28.1 Å². The summed E-state index contributed by atoms with van der Waals surface area (Å²) in [5.41, 5.74) is 0.962. The van der Waals surface area contributed by atoms with Gasteiger partial charge < -0.3 is 9.84 Å². The maximum Gasteiger partial charge on any atom is 0.282 e. The summed E-state index contributed by atoms with van der Waals surface area (Å²) in [5, 5.41) is 14.8. The number of fused-ring (bicyclic) bond motifs is 1. The minimum absolute atomic E-state index is 0.137. The van der Waals surface area contributed by atoms with Crippen LogP contribution in [0, 0.1) is 0 Å². The molecule has 2 aromatic carbocycles. The number of benzene rings is 2. The largest absolute Gasteiger partial charge is 0.503 e. The lowest BCUT2D eigenvalue weighted by atomic mass is 10.2. The fourth-order valence-electron chi connectivity index (χ4n) is 2.65. The van der Waals surface area contributed by atoms with E-state index in [-0.39, 0.29) is 22.1 Å². The lowest BCUT2D eigenvalue weighted by Crippen LogP contribution is -2.22. The quantitative estimate of drug-likeness (QED) is 0.586. The zero-order valence-electron chi connectivity index (χ0n) is 14.7. The predicted octanol–water partition coefficient (Wildman–Crippen LogP) is 4.36. The molecule has 3 aromatic rings. The third-order valence-electron chi connectivity index (χ3n) is 3.94. The highest BCUT2D eigenvalue weighted by molar-refractivity contribution is 9.10. The van der Waals surface area contributed by atoms with E-state index in [2.05, 4.69) is 26.0 Å². The first-order valence-corrected chi connectivity index (χ1v) is 9.43. The number of rotatable bonds is 5. The number of aromatic nitrogens is 2. The molecule has 0 aliphatic heterocycles. The zero-order chi connectivity index (χ0) is 19.6. The van der Waals surface area contributed by atoms with E-state index in [1.54, 1.807) is 24.3 Å². The molecule has 0 aliphatic carbocycles. The van der Waals surface area contributed by atoms with Crippen LogP contribution in [0.5, 0.6) is 11.5 Å². The van der Waals surface area contributed by atoms with Gasteiger partial charge >= 0.3 is 0 Å². The van der Waals surface area contributed by atoms with Crippen LogP contribution in [0.3, 0.4) is 0 Å². The molecule has 27 heavy (non-hydrogen) atoms. The summed E-state index contributed by atoms with van der Waals surface area (Å²) in [4.78, 5) is 17.5. The molecular weight excluding hydrogens is 434 g/mol. The number of phenolic OH excluding ortho intramolecular Hbond substituents is 1. The topological polar surface area (TPSA) is 76.7 Å². The van der Waals surface area contributed by atoms with Crippen LogP contribution in [0.1, 0.15) is 24.7 Å². The van der Waals surface area contributed by atoms with Crippen LogP contribution < -0.4 is 10.3 Å². The Bertz CT molecular complexity index is 1100. The molecule has 0 saturated heterocycles. The standard InChI is InChI=1S/C19H17BrClN3O3/c1-3-4-17-23-15-6-5-12(20)9-13(15)19(26)24(17)22-10-11-7-14(21)18(25)16(8-11)27-2/h5-10,25H,3-4H2,1-2H3. The number of aryl methyl sites for hydroxylation is 1. The van der Waals surface area contributed by atoms with E-state index in [0.29, 0.717) is 28.7 Å². The number of ether oxygens (including phenoxy) is 1. The van der Waals surface area contributed by atoms with Gasteiger partial charge in [0.05, 0.1) is 29.2 Å². The maximum atomic E-state index is 12.9. The SMILES string of the molecule is CCCc1nc2ccc(Br)cc2c(=O)n1N=Cc1cc(Cl)c(O)c(OC)c1. The molecule has 0 saturated carbocycles. The first-order chi connectivity index (χ1) is 12.9. The van der Waals surface area contributed by atoms with E-state index in [9.17, 15) is 9.90 Å². The summed E-state index contributed by atoms with van der Waals surface area (Å²) in [6.45, 7) is 2.01. The van der Waals surface area contributed by atoms with Crippen LogP contribution in [-0.2, 0) is 6.42 Å². The number of hydrogen-bond donors (Lipinski definition) is 1. The molecular formula is C19H17BrClN3O3. The second kappa shape index (κ2) is 8.10. The van der Waals surface area contributed by atoms with Crippen molar-refractivity contribution in [3.63, 3.8) is 0 Å². The molecule has 140 valence electrons. The van der Waals surface area contributed by atoms with Gasteiger partial charge in [-0.3, -0.25) is 4.79 Å². The lowest BCUT2D eigenvalue weighted by molar-refractivity contribution is 0.373. The Morgan fingerprint density at radius 2 is 2.15 bits per heavy atom. The molecule has 3 rings (SSSR count). The number of nitrogens with zero attached hydrogens (tertiary/aromatic N) is 3. The third-order valence-corrected chi connectivity index (χ3v) is 4.72. The normalized spacial score (nSPS) is 11.4. The van der Waals surface area contributed by atoms with E-state index >= 15 is 0 Å². The molecule has 1 aromatic heterocycles. The van der Waals surface area contributed by atoms with E-state index in [1.807, 2.05) is 13.0 Å². The van der Waals surface area contributed by atoms with E-state index < -0.39 is 0 Å². The van der Waals surface area contributed by atoms with Crippen LogP contribution in [0.4, 0.5) is 0 Å². The Morgan fingerprint density at radius 1 is 1.37 bits per heavy atom. The van der Waals surface area contributed by atoms with Crippen molar-refractivity contribution in [2.24, 2.45) is 5.10 Å². The van der Waals surface area contributed by atoms with Gasteiger partial charge in [0.2, 0.25) is 0 Å². The highest BCUT2D eigenvalue weighted by Crippen LogP contribution is 2.34. The Balaban J connectivity index is 2.14. The van der Waals surface area contributed by atoms with Crippen molar-refractivity contribution >= 4 is 44.6 Å². The smallest absolute Gasteiger partial charge is 0.282 e. The van der Waals surface area contributed by atoms with Crippen molar-refractivity contribution in [1.29, 1.82) is 0 Å². The van der Waals surface area contributed by atoms with Gasteiger partial charge in [0, 0.05) is 10.9 Å². The van der Waals surface area contributed by atoms with Crippen LogP contribution in [0.15, 0.2) is 44.7 Å². The molecule has 0 radical (unpaired) electrons. The third kappa shape index (κ3) is 3.99. The molecule has 0 spiro atoms. The number of hydrogen-bond acceptors (Lipinski definition) is 5. The Kier molecular flexibility index (Phi) is 5.82. The number of aromatic hydroxyl groups is 1. The summed E-state index contributed by atoms with van der Waals surface area (Å²) in [6.07, 6.45) is 2.92. The number of phenols is 1. The minimum Gasteiger partial charge on any atom is -0.503 e. The molecule has 1 N–H and O–H groups in total. The summed E-state index contributed by atoms with van der Waals surface area (Å²) in [6, 6.07) is 8.51. The number of methoxy groups -OCH3 is 1. The highest BCUT2D eigenvalue weighted by atomic mass is 79.9. The lowest BCUT2D eigenvalue weighted by Gasteiger charge is -2.09. The van der Waals surface area contributed by atoms with E-state index in [4.69, 9.17) is 16.3 Å². The van der Waals surface area contributed by atoms with Crippen molar-refractivity contribution in [3.8, 4) is 11.5 Å². The van der Waals surface area contributed by atoms with Crippen molar-refractivity contribution in [2.45, 2.75) is 19.8 Å². The van der Waals surface area contributed by atoms with Gasteiger partial charge in [0.25, 0.3) is 5.56 Å². The van der Waals surface area contributed by atoms with Gasteiger partial charge in [0.15, 0.2) is 11.5 Å². The Morgan fingerprint density at radius 3 is 2.85 bits per heavy atom. The van der Waals surface area contributed by atoms with Crippen LogP contribution >= 0.6 is 27.5 Å². The summed E-state index contributed by atoms with van der Waals surface area (Å²) in [5.74, 6) is 0.661. The average Bonchev–Trinajstić information content (AvgIpc) is 2.65. The molecule has 0 atom stereocenters. The van der Waals surface area contributed by atoms with Gasteiger partial charge in [-0.15, -0.1) is 0 Å². The van der Waals surface area contributed by atoms with E-state index in [0.717, 1.165) is 10.9 Å². The molecule has 6 nitrogen and oxygen atoms in total. The monoisotopic (exact) mass is 449 g/mol. The fourth-order valence-corrected chi connectivity index (χ4v) is 3.23. The predicted molar refractivity (Wildman–Crippen MR) is 110 cm³/mol. The zero-order valence-corrected chi connectivity index (χ0v) is 17.1. The van der Waals surface area contributed by atoms with Crippen molar-refractivity contribution in [2.75, 3.05) is 7.11 Å². The van der Waals surface area contributed by atoms with Crippen molar-refractivity contribution in [3.05, 3.63) is 61.6 Å². The van der Waals surface area contributed by atoms with Crippen molar-refractivity contribution in [1.82, 2.24) is 9.66 Å². The van der Waals surface area contributed by atoms with Gasteiger partial charge in [-0.25, -0.2) is 4.98 Å². The van der Waals surface area contributed by atoms with E-state index in [1.165, 1.54) is 18.0 Å². The first-order valence-electron chi connectivity index (χ1n) is 8.26. The molecule has 0 aliphatic rings. The number of halogens is 2. The van der Waals surface area contributed by atoms with Crippen LogP contribution in [0.25, 0.3) is 10.9 Å². The van der Waals surface area contributed by atoms with Gasteiger partial charge in [-0.1, -0.05) is 34.5 Å². The second-order valence-electron chi connectivity index (χ2n) is 5.85. The van der Waals surface area contributed by atoms with Gasteiger partial charge in [-0.2, -0.15) is 9.78 Å². The molecule has 0 unspecified atom stereocenters.